The Balaban J connectivity index is 2.32. The number of hydrogen-bond donors (Lipinski definition) is 2. The van der Waals surface area contributed by atoms with Crippen LogP contribution in [-0.2, 0) is 0 Å². The summed E-state index contributed by atoms with van der Waals surface area (Å²) in [6.45, 7) is 2.65. The van der Waals surface area contributed by atoms with Gasteiger partial charge in [0.15, 0.2) is 11.5 Å². The lowest BCUT2D eigenvalue weighted by molar-refractivity contribution is 0.302. The van der Waals surface area contributed by atoms with Gasteiger partial charge in [0.25, 0.3) is 0 Å². The first kappa shape index (κ1) is 15.2. The molecule has 0 aliphatic carbocycles. The van der Waals surface area contributed by atoms with E-state index in [0.29, 0.717) is 34.4 Å². The molecular weight excluding hydrogens is 288 g/mol. The average molecular weight is 305 g/mol. The zero-order valence-corrected chi connectivity index (χ0v) is 12.5. The molecule has 0 saturated carbocycles. The molecule has 5 heteroatoms. The van der Waals surface area contributed by atoms with Gasteiger partial charge >= 0.3 is 0 Å². The Morgan fingerprint density at radius 3 is 2.52 bits per heavy atom. The zero-order valence-electron chi connectivity index (χ0n) is 11.7. The first-order valence-electron chi connectivity index (χ1n) is 6.65. The Morgan fingerprint density at radius 1 is 1.14 bits per heavy atom. The van der Waals surface area contributed by atoms with Gasteiger partial charge in [0.1, 0.15) is 11.6 Å². The summed E-state index contributed by atoms with van der Waals surface area (Å²) in [5, 5.41) is 8.11. The summed E-state index contributed by atoms with van der Waals surface area (Å²) in [6, 6.07) is 12.4. The molecule has 2 aromatic carbocycles. The SMILES string of the molecule is CCCOc1ccccc1Oc1ccc(Cl)cc1C(=N)N. The van der Waals surface area contributed by atoms with E-state index in [0.717, 1.165) is 6.42 Å². The Bertz CT molecular complexity index is 644. The van der Waals surface area contributed by atoms with Crippen molar-refractivity contribution >= 4 is 17.4 Å². The van der Waals surface area contributed by atoms with Crippen molar-refractivity contribution in [3.63, 3.8) is 0 Å². The lowest BCUT2D eigenvalue weighted by Gasteiger charge is -2.14. The highest BCUT2D eigenvalue weighted by molar-refractivity contribution is 6.31. The van der Waals surface area contributed by atoms with E-state index in [1.165, 1.54) is 0 Å². The summed E-state index contributed by atoms with van der Waals surface area (Å²) >= 11 is 5.93. The molecule has 0 atom stereocenters. The minimum Gasteiger partial charge on any atom is -0.490 e. The van der Waals surface area contributed by atoms with Crippen LogP contribution in [0.4, 0.5) is 0 Å². The number of benzene rings is 2. The molecule has 0 aliphatic rings. The number of ether oxygens (including phenoxy) is 2. The minimum atomic E-state index is -0.0977. The molecule has 2 aromatic rings. The van der Waals surface area contributed by atoms with Crippen LogP contribution in [0.5, 0.6) is 17.2 Å². The van der Waals surface area contributed by atoms with Crippen molar-refractivity contribution in [3.05, 3.63) is 53.1 Å². The monoisotopic (exact) mass is 304 g/mol. The summed E-state index contributed by atoms with van der Waals surface area (Å²) in [4.78, 5) is 0. The lowest BCUT2D eigenvalue weighted by Crippen LogP contribution is -2.12. The molecular formula is C16H17ClN2O2. The molecule has 3 N–H and O–H groups in total. The molecule has 110 valence electrons. The standard InChI is InChI=1S/C16H17ClN2O2/c1-2-9-20-14-5-3-4-6-15(14)21-13-8-7-11(17)10-12(13)16(18)19/h3-8,10H,2,9H2,1H3,(H3,18,19). The number of hydrogen-bond acceptors (Lipinski definition) is 3. The summed E-state index contributed by atoms with van der Waals surface area (Å²) in [6.07, 6.45) is 0.911. The van der Waals surface area contributed by atoms with E-state index in [1.54, 1.807) is 18.2 Å². The molecule has 0 bridgehead atoms. The third-order valence-corrected chi connectivity index (χ3v) is 3.00. The second-order valence-electron chi connectivity index (χ2n) is 4.45. The fourth-order valence-corrected chi connectivity index (χ4v) is 1.96. The average Bonchev–Trinajstić information content (AvgIpc) is 2.48. The maximum atomic E-state index is 7.61. The van der Waals surface area contributed by atoms with Crippen LogP contribution in [-0.4, -0.2) is 12.4 Å². The van der Waals surface area contributed by atoms with Gasteiger partial charge in [0.05, 0.1) is 12.2 Å². The van der Waals surface area contributed by atoms with Crippen LogP contribution < -0.4 is 15.2 Å². The maximum absolute atomic E-state index is 7.61. The number of nitrogens with one attached hydrogen (secondary N) is 1. The van der Waals surface area contributed by atoms with Gasteiger partial charge in [-0.25, -0.2) is 0 Å². The Kier molecular flexibility index (Phi) is 5.06. The van der Waals surface area contributed by atoms with Crippen molar-refractivity contribution in [3.8, 4) is 17.2 Å². The van der Waals surface area contributed by atoms with Crippen molar-refractivity contribution in [2.75, 3.05) is 6.61 Å². The number of nitrogen functional groups attached to an aromatic ring is 1. The molecule has 0 amide bonds. The highest BCUT2D eigenvalue weighted by atomic mass is 35.5. The summed E-state index contributed by atoms with van der Waals surface area (Å²) in [7, 11) is 0. The van der Waals surface area contributed by atoms with Crippen LogP contribution in [0.15, 0.2) is 42.5 Å². The first-order valence-corrected chi connectivity index (χ1v) is 7.03. The van der Waals surface area contributed by atoms with Crippen LogP contribution in [0, 0.1) is 5.41 Å². The summed E-state index contributed by atoms with van der Waals surface area (Å²) in [5.41, 5.74) is 6.02. The van der Waals surface area contributed by atoms with Crippen molar-refractivity contribution in [1.82, 2.24) is 0 Å². The molecule has 0 unspecified atom stereocenters. The topological polar surface area (TPSA) is 68.3 Å². The predicted octanol–water partition coefficient (Wildman–Crippen LogP) is 4.21. The van der Waals surface area contributed by atoms with E-state index in [9.17, 15) is 0 Å². The van der Waals surface area contributed by atoms with Gasteiger partial charge in [-0.2, -0.15) is 0 Å². The number of amidine groups is 1. The van der Waals surface area contributed by atoms with Crippen LogP contribution in [0.2, 0.25) is 5.02 Å². The largest absolute Gasteiger partial charge is 0.490 e. The van der Waals surface area contributed by atoms with Crippen molar-refractivity contribution in [1.29, 1.82) is 5.41 Å². The van der Waals surface area contributed by atoms with E-state index in [1.807, 2.05) is 31.2 Å². The Labute approximate surface area is 129 Å². The number of para-hydroxylation sites is 2. The van der Waals surface area contributed by atoms with Gasteiger partial charge in [-0.1, -0.05) is 30.7 Å². The van der Waals surface area contributed by atoms with Gasteiger partial charge < -0.3 is 15.2 Å². The molecule has 0 fully saturated rings. The molecule has 4 nitrogen and oxygen atoms in total. The molecule has 0 saturated heterocycles. The summed E-state index contributed by atoms with van der Waals surface area (Å²) in [5.74, 6) is 1.61. The van der Waals surface area contributed by atoms with Crippen molar-refractivity contribution < 1.29 is 9.47 Å². The number of nitrogens with two attached hydrogens (primary N) is 1. The molecule has 0 aromatic heterocycles. The molecule has 21 heavy (non-hydrogen) atoms. The smallest absolute Gasteiger partial charge is 0.169 e. The zero-order chi connectivity index (χ0) is 15.2. The lowest BCUT2D eigenvalue weighted by atomic mass is 10.2. The second-order valence-corrected chi connectivity index (χ2v) is 4.89. The van der Waals surface area contributed by atoms with Crippen LogP contribution in [0.3, 0.4) is 0 Å². The van der Waals surface area contributed by atoms with E-state index < -0.39 is 0 Å². The third-order valence-electron chi connectivity index (χ3n) is 2.76. The van der Waals surface area contributed by atoms with Crippen LogP contribution in [0.25, 0.3) is 0 Å². The van der Waals surface area contributed by atoms with Gasteiger partial charge in [0, 0.05) is 5.02 Å². The fraction of sp³-hybridized carbons (Fsp3) is 0.188. The normalized spacial score (nSPS) is 10.2. The minimum absolute atomic E-state index is 0.0977. The van der Waals surface area contributed by atoms with Crippen LogP contribution in [0.1, 0.15) is 18.9 Å². The maximum Gasteiger partial charge on any atom is 0.169 e. The predicted molar refractivity (Wildman–Crippen MR) is 84.8 cm³/mol. The third kappa shape index (κ3) is 3.89. The molecule has 0 heterocycles. The Hall–Kier alpha value is -2.20. The number of halogens is 1. The highest BCUT2D eigenvalue weighted by Crippen LogP contribution is 2.33. The van der Waals surface area contributed by atoms with Gasteiger partial charge in [-0.3, -0.25) is 5.41 Å². The highest BCUT2D eigenvalue weighted by Gasteiger charge is 2.11. The quantitative estimate of drug-likeness (QED) is 0.620. The Morgan fingerprint density at radius 2 is 1.86 bits per heavy atom. The van der Waals surface area contributed by atoms with Gasteiger partial charge in [0.2, 0.25) is 0 Å². The van der Waals surface area contributed by atoms with Gasteiger partial charge in [-0.05, 0) is 36.8 Å². The van der Waals surface area contributed by atoms with Crippen molar-refractivity contribution in [2.24, 2.45) is 5.73 Å². The van der Waals surface area contributed by atoms with Crippen LogP contribution >= 0.6 is 11.6 Å². The molecule has 2 rings (SSSR count). The molecule has 0 radical (unpaired) electrons. The first-order chi connectivity index (χ1) is 10.1. The summed E-state index contributed by atoms with van der Waals surface area (Å²) < 4.78 is 11.5. The van der Waals surface area contributed by atoms with E-state index >= 15 is 0 Å². The van der Waals surface area contributed by atoms with E-state index in [-0.39, 0.29) is 5.84 Å². The number of rotatable bonds is 6. The van der Waals surface area contributed by atoms with E-state index in [4.69, 9.17) is 32.2 Å². The van der Waals surface area contributed by atoms with E-state index in [2.05, 4.69) is 0 Å². The second kappa shape index (κ2) is 6.99. The van der Waals surface area contributed by atoms with Gasteiger partial charge in [-0.15, -0.1) is 0 Å². The van der Waals surface area contributed by atoms with Crippen molar-refractivity contribution in [2.45, 2.75) is 13.3 Å². The molecule has 0 aliphatic heterocycles. The fourth-order valence-electron chi connectivity index (χ4n) is 1.79. The molecule has 0 spiro atoms.